The van der Waals surface area contributed by atoms with Gasteiger partial charge in [0.2, 0.25) is 0 Å². The Morgan fingerprint density at radius 1 is 0.321 bits per heavy atom. The van der Waals surface area contributed by atoms with Crippen LogP contribution in [-0.4, -0.2) is 0 Å². The van der Waals surface area contributed by atoms with Crippen molar-refractivity contribution < 1.29 is 5.48 Å². The van der Waals surface area contributed by atoms with Gasteiger partial charge >= 0.3 is 0 Å². The Balaban J connectivity index is 1.22. The highest BCUT2D eigenvalue weighted by Gasteiger charge is 2.18. The normalized spacial score (nSPS) is 12.1. The van der Waals surface area contributed by atoms with Crippen molar-refractivity contribution in [3.05, 3.63) is 224 Å². The van der Waals surface area contributed by atoms with Crippen molar-refractivity contribution in [1.29, 1.82) is 0 Å². The van der Waals surface area contributed by atoms with E-state index in [4.69, 9.17) is 2.74 Å². The number of rotatable bonds is 8. The summed E-state index contributed by atoms with van der Waals surface area (Å²) < 4.78 is 37.6. The number of para-hydroxylation sites is 1. The maximum Gasteiger partial charge on any atom is 0.0651 e. The minimum absolute atomic E-state index is 0.0205. The van der Waals surface area contributed by atoms with E-state index in [0.29, 0.717) is 11.1 Å². The molecule has 0 amide bonds. The fraction of sp³-hybridized carbons (Fsp3) is 0. The zero-order valence-electron chi connectivity index (χ0n) is 33.0. The average molecular weight is 680 g/mol. The van der Waals surface area contributed by atoms with E-state index in [2.05, 4.69) is 91.0 Å². The summed E-state index contributed by atoms with van der Waals surface area (Å²) in [5, 5.41) is 1.86. The summed E-state index contributed by atoms with van der Waals surface area (Å²) in [6.07, 6.45) is 0. The highest BCUT2D eigenvalue weighted by molar-refractivity contribution is 5.98. The SMILES string of the molecule is [2H]c1c([2H])c(-c2cccc3ccccc23)c([2H])c(N(c2ccc(-c3ccc(-c4ccccc4)cc3)cc2)c2ccccc2-c2ccc(-c3ccccc3)cc2)c1[2H]. The van der Waals surface area contributed by atoms with Crippen LogP contribution < -0.4 is 4.90 Å². The van der Waals surface area contributed by atoms with E-state index < -0.39 is 0 Å². The van der Waals surface area contributed by atoms with Gasteiger partial charge in [0.05, 0.1) is 11.2 Å². The lowest BCUT2D eigenvalue weighted by atomic mass is 9.96. The molecule has 0 heterocycles. The summed E-state index contributed by atoms with van der Waals surface area (Å²) in [6, 6.07) is 67.0. The molecule has 0 atom stereocenters. The maximum atomic E-state index is 9.87. The number of nitrogens with zero attached hydrogens (tertiary/aromatic N) is 1. The molecule has 0 aliphatic carbocycles. The molecule has 0 unspecified atom stereocenters. The average Bonchev–Trinajstić information content (AvgIpc) is 3.28. The Labute approximate surface area is 317 Å². The first-order valence-electron chi connectivity index (χ1n) is 19.9. The summed E-state index contributed by atoms with van der Waals surface area (Å²) in [5.74, 6) is 0. The van der Waals surface area contributed by atoms with Crippen LogP contribution >= 0.6 is 0 Å². The topological polar surface area (TPSA) is 3.24 Å². The first kappa shape index (κ1) is 27.7. The number of anilines is 3. The van der Waals surface area contributed by atoms with E-state index >= 15 is 0 Å². The van der Waals surface area contributed by atoms with Crippen LogP contribution in [0, 0.1) is 0 Å². The molecule has 0 N–H and O–H groups in total. The number of benzene rings is 9. The molecule has 0 saturated carbocycles. The molecule has 0 spiro atoms. The van der Waals surface area contributed by atoms with Crippen LogP contribution in [0.15, 0.2) is 224 Å². The molecule has 1 nitrogen and oxygen atoms in total. The van der Waals surface area contributed by atoms with Crippen LogP contribution in [0.1, 0.15) is 5.48 Å². The van der Waals surface area contributed by atoms with Crippen molar-refractivity contribution in [3.8, 4) is 55.6 Å². The quantitative estimate of drug-likeness (QED) is 0.154. The monoisotopic (exact) mass is 679 g/mol. The van der Waals surface area contributed by atoms with Gasteiger partial charge in [-0.05, 0) is 91.1 Å². The number of hydrogen-bond acceptors (Lipinski definition) is 1. The zero-order valence-corrected chi connectivity index (χ0v) is 29.0. The molecular formula is C52H37N. The molecule has 250 valence electrons. The summed E-state index contributed by atoms with van der Waals surface area (Å²) in [4.78, 5) is 1.93. The van der Waals surface area contributed by atoms with E-state index in [1.807, 2.05) is 114 Å². The van der Waals surface area contributed by atoms with Crippen molar-refractivity contribution in [2.75, 3.05) is 4.90 Å². The van der Waals surface area contributed by atoms with Gasteiger partial charge < -0.3 is 4.90 Å². The van der Waals surface area contributed by atoms with Crippen molar-refractivity contribution in [2.45, 2.75) is 0 Å². The van der Waals surface area contributed by atoms with Crippen molar-refractivity contribution in [3.63, 3.8) is 0 Å². The minimum atomic E-state index is -0.228. The first-order valence-corrected chi connectivity index (χ1v) is 17.9. The fourth-order valence-electron chi connectivity index (χ4n) is 7.09. The largest absolute Gasteiger partial charge is 0.310 e. The van der Waals surface area contributed by atoms with Gasteiger partial charge in [0, 0.05) is 16.9 Å². The third-order valence-electron chi connectivity index (χ3n) is 9.79. The smallest absolute Gasteiger partial charge is 0.0651 e. The lowest BCUT2D eigenvalue weighted by molar-refractivity contribution is 1.28. The predicted octanol–water partition coefficient (Wildman–Crippen LogP) is 14.6. The predicted molar refractivity (Wildman–Crippen MR) is 226 cm³/mol. The number of fused-ring (bicyclic) bond motifs is 1. The van der Waals surface area contributed by atoms with Crippen molar-refractivity contribution >= 4 is 27.8 Å². The first-order chi connectivity index (χ1) is 28.0. The van der Waals surface area contributed by atoms with E-state index in [1.54, 1.807) is 0 Å². The van der Waals surface area contributed by atoms with Gasteiger partial charge in [-0.1, -0.05) is 194 Å². The molecule has 9 aromatic rings. The lowest BCUT2D eigenvalue weighted by Crippen LogP contribution is -2.11. The van der Waals surface area contributed by atoms with Gasteiger partial charge in [0.15, 0.2) is 0 Å². The van der Waals surface area contributed by atoms with E-state index in [-0.39, 0.29) is 29.9 Å². The lowest BCUT2D eigenvalue weighted by Gasteiger charge is -2.28. The van der Waals surface area contributed by atoms with Crippen LogP contribution in [0.4, 0.5) is 17.1 Å². The molecule has 9 rings (SSSR count). The molecule has 0 aliphatic heterocycles. The van der Waals surface area contributed by atoms with Crippen molar-refractivity contribution in [1.82, 2.24) is 0 Å². The van der Waals surface area contributed by atoms with Crippen LogP contribution in [0.2, 0.25) is 0 Å². The van der Waals surface area contributed by atoms with Crippen molar-refractivity contribution in [2.24, 2.45) is 0 Å². The Kier molecular flexibility index (Phi) is 7.50. The van der Waals surface area contributed by atoms with Crippen LogP contribution in [0.5, 0.6) is 0 Å². The summed E-state index contributed by atoms with van der Waals surface area (Å²) in [7, 11) is 0. The second kappa shape index (κ2) is 14.3. The van der Waals surface area contributed by atoms with E-state index in [9.17, 15) is 2.74 Å². The molecule has 1 heteroatoms. The molecule has 0 aliphatic rings. The molecule has 0 radical (unpaired) electrons. The molecular weight excluding hydrogens is 639 g/mol. The summed E-state index contributed by atoms with van der Waals surface area (Å²) in [5.41, 5.74) is 11.3. The second-order valence-corrected chi connectivity index (χ2v) is 13.0. The summed E-state index contributed by atoms with van der Waals surface area (Å²) in [6.45, 7) is 0. The van der Waals surface area contributed by atoms with Gasteiger partial charge in [-0.25, -0.2) is 0 Å². The molecule has 53 heavy (non-hydrogen) atoms. The van der Waals surface area contributed by atoms with Gasteiger partial charge in [-0.3, -0.25) is 0 Å². The Morgan fingerprint density at radius 2 is 0.792 bits per heavy atom. The minimum Gasteiger partial charge on any atom is -0.310 e. The maximum absolute atomic E-state index is 9.87. The molecule has 0 fully saturated rings. The van der Waals surface area contributed by atoms with Gasteiger partial charge in [-0.15, -0.1) is 0 Å². The molecule has 9 aromatic carbocycles. The Morgan fingerprint density at radius 3 is 1.43 bits per heavy atom. The molecule has 0 aromatic heterocycles. The zero-order chi connectivity index (χ0) is 38.9. The Bertz CT molecular complexity index is 2850. The number of hydrogen-bond donors (Lipinski definition) is 0. The van der Waals surface area contributed by atoms with E-state index in [0.717, 1.165) is 66.7 Å². The van der Waals surface area contributed by atoms with Crippen LogP contribution in [-0.2, 0) is 0 Å². The molecule has 0 bridgehead atoms. The third kappa shape index (κ3) is 6.53. The van der Waals surface area contributed by atoms with Gasteiger partial charge in [0.1, 0.15) is 0 Å². The van der Waals surface area contributed by atoms with Crippen LogP contribution in [0.3, 0.4) is 0 Å². The van der Waals surface area contributed by atoms with Gasteiger partial charge in [-0.2, -0.15) is 0 Å². The highest BCUT2D eigenvalue weighted by atomic mass is 15.1. The third-order valence-corrected chi connectivity index (χ3v) is 9.79. The van der Waals surface area contributed by atoms with Gasteiger partial charge in [0.25, 0.3) is 0 Å². The highest BCUT2D eigenvalue weighted by Crippen LogP contribution is 2.43. The Hall–Kier alpha value is -6.96. The standard InChI is InChI=1S/C52H37N/c1-3-13-38(14-4-1)40-25-27-42(28-26-40)43-33-35-47(36-34-43)53(48-20-11-19-46(37-48)50-23-12-18-44-17-7-8-21-49(44)50)52-24-10-9-22-51(52)45-31-29-41(30-32-45)39-15-5-2-6-16-39/h1-37H/i11D,19D,20D,37D. The van der Waals surface area contributed by atoms with E-state index in [1.165, 1.54) is 0 Å². The fourth-order valence-corrected chi connectivity index (χ4v) is 7.09. The molecule has 0 saturated heterocycles. The second-order valence-electron chi connectivity index (χ2n) is 13.0. The van der Waals surface area contributed by atoms with Crippen LogP contribution in [0.25, 0.3) is 66.4 Å². The summed E-state index contributed by atoms with van der Waals surface area (Å²) >= 11 is 0.